The molecule has 2 heterocycles. The van der Waals surface area contributed by atoms with Crippen LogP contribution in [-0.2, 0) is 23.7 Å². The highest BCUT2D eigenvalue weighted by Crippen LogP contribution is 2.70. The van der Waals surface area contributed by atoms with E-state index >= 15 is 0 Å². The fourth-order valence-electron chi connectivity index (χ4n) is 12.4. The molecule has 4 saturated carbocycles. The smallest absolute Gasteiger partial charge is 0.186 e. The van der Waals surface area contributed by atoms with Crippen molar-refractivity contribution in [3.05, 3.63) is 0 Å². The van der Waals surface area contributed by atoms with Crippen LogP contribution in [0.3, 0.4) is 0 Å². The van der Waals surface area contributed by atoms with Gasteiger partial charge in [0.05, 0.1) is 49.3 Å². The third kappa shape index (κ3) is 7.39. The molecule has 6 rings (SSSR count). The van der Waals surface area contributed by atoms with Crippen molar-refractivity contribution in [3.8, 4) is 0 Å². The molecule has 0 bridgehead atoms. The van der Waals surface area contributed by atoms with Gasteiger partial charge in [0.25, 0.3) is 0 Å². The number of aliphatic hydroxyl groups excluding tert-OH is 8. The minimum absolute atomic E-state index is 0.0471. The van der Waals surface area contributed by atoms with E-state index in [1.165, 1.54) is 7.11 Å². The first-order valence-electron chi connectivity index (χ1n) is 20.1. The molecule has 2 aliphatic heterocycles. The number of hydrogen-bond donors (Lipinski definition) is 9. The molecule has 0 amide bonds. The van der Waals surface area contributed by atoms with Crippen molar-refractivity contribution in [1.29, 1.82) is 0 Å². The second-order valence-electron chi connectivity index (χ2n) is 18.5. The van der Waals surface area contributed by atoms with Gasteiger partial charge in [-0.1, -0.05) is 40.5 Å². The molecule has 0 aromatic carbocycles. The third-order valence-electron chi connectivity index (χ3n) is 15.2. The summed E-state index contributed by atoms with van der Waals surface area (Å²) < 4.78 is 28.8. The zero-order chi connectivity index (χ0) is 38.8. The molecule has 6 fully saturated rings. The summed E-state index contributed by atoms with van der Waals surface area (Å²) in [6.45, 7) is 10.3. The summed E-state index contributed by atoms with van der Waals surface area (Å²) in [7, 11) is 1.44. The molecule has 308 valence electrons. The van der Waals surface area contributed by atoms with E-state index in [4.69, 9.17) is 23.7 Å². The monoisotopic (exact) mass is 760 g/mol. The maximum Gasteiger partial charge on any atom is 0.186 e. The van der Waals surface area contributed by atoms with Crippen molar-refractivity contribution in [2.75, 3.05) is 20.3 Å². The number of methoxy groups -OCH3 is 1. The maximum absolute atomic E-state index is 12.8. The minimum Gasteiger partial charge on any atom is -0.393 e. The van der Waals surface area contributed by atoms with Crippen molar-refractivity contribution in [2.24, 2.45) is 46.3 Å². The van der Waals surface area contributed by atoms with Crippen LogP contribution in [-0.4, -0.2) is 152 Å². The highest BCUT2D eigenvalue weighted by molar-refractivity contribution is 5.22. The van der Waals surface area contributed by atoms with E-state index in [0.29, 0.717) is 32.3 Å². The van der Waals surface area contributed by atoms with Crippen molar-refractivity contribution in [3.63, 3.8) is 0 Å². The summed E-state index contributed by atoms with van der Waals surface area (Å²) in [6.07, 6.45) is -6.89. The Balaban J connectivity index is 1.07. The number of hydrogen-bond acceptors (Lipinski definition) is 14. The van der Waals surface area contributed by atoms with Crippen LogP contribution in [0, 0.1) is 46.3 Å². The Labute approximate surface area is 313 Å². The molecule has 53 heavy (non-hydrogen) atoms. The Kier molecular flexibility index (Phi) is 12.7. The van der Waals surface area contributed by atoms with Gasteiger partial charge in [0.15, 0.2) is 12.6 Å². The van der Waals surface area contributed by atoms with E-state index in [-0.39, 0.29) is 48.7 Å². The second-order valence-corrected chi connectivity index (χ2v) is 18.5. The second kappa shape index (κ2) is 16.0. The van der Waals surface area contributed by atoms with Crippen LogP contribution in [0.2, 0.25) is 0 Å². The van der Waals surface area contributed by atoms with Crippen molar-refractivity contribution in [2.45, 2.75) is 178 Å². The van der Waals surface area contributed by atoms with Gasteiger partial charge in [-0.15, -0.1) is 0 Å². The lowest BCUT2D eigenvalue weighted by molar-refractivity contribution is -0.303. The quantitative estimate of drug-likeness (QED) is 0.130. The van der Waals surface area contributed by atoms with Crippen LogP contribution in [0.4, 0.5) is 0 Å². The van der Waals surface area contributed by atoms with Crippen molar-refractivity contribution in [1.82, 2.24) is 0 Å². The Hall–Kier alpha value is -0.560. The fraction of sp³-hybridized carbons (Fsp3) is 1.00. The summed E-state index contributed by atoms with van der Waals surface area (Å²) in [5.74, 6) is -1.05. The standard InChI is InChI=1S/C39H68O14/c1-18(16-50-35-32(47)30(45)27(42)20(3)52-35)8-7-9-19(2)26-29(44)31(46)34-38(26,5)13-11-25-37(4)12-10-21(14-22(37)23(40)15-39(25,34)48)53-36-33(49-6)28(43)24(41)17-51-36/h18-36,40-48H,7-17H2,1-6H3/t18?,19-,20+,21+,22?,23-,24-,25?,26+,27-,28+,29-,30-,31?,32+,33-,34?,35-,36+,37+,38-,39+/m1/s1. The molecular formula is C39H68O14. The van der Waals surface area contributed by atoms with Gasteiger partial charge >= 0.3 is 0 Å². The van der Waals surface area contributed by atoms with Crippen LogP contribution < -0.4 is 0 Å². The highest BCUT2D eigenvalue weighted by Gasteiger charge is 2.72. The van der Waals surface area contributed by atoms with Crippen LogP contribution in [0.5, 0.6) is 0 Å². The van der Waals surface area contributed by atoms with E-state index in [2.05, 4.69) is 20.8 Å². The minimum atomic E-state index is -1.37. The zero-order valence-electron chi connectivity index (χ0n) is 32.3. The first kappa shape index (κ1) is 42.1. The first-order chi connectivity index (χ1) is 24.9. The average Bonchev–Trinajstić information content (AvgIpc) is 3.31. The van der Waals surface area contributed by atoms with Gasteiger partial charge in [0.2, 0.25) is 0 Å². The van der Waals surface area contributed by atoms with E-state index in [1.54, 1.807) is 6.92 Å². The molecule has 14 nitrogen and oxygen atoms in total. The molecule has 0 aromatic heterocycles. The fourth-order valence-corrected chi connectivity index (χ4v) is 12.4. The lowest BCUT2D eigenvalue weighted by Crippen LogP contribution is -2.69. The number of ether oxygens (including phenoxy) is 5. The Morgan fingerprint density at radius 3 is 2.19 bits per heavy atom. The molecule has 0 radical (unpaired) electrons. The van der Waals surface area contributed by atoms with Gasteiger partial charge in [-0.3, -0.25) is 0 Å². The number of rotatable bonds is 11. The predicted molar refractivity (Wildman–Crippen MR) is 189 cm³/mol. The van der Waals surface area contributed by atoms with Gasteiger partial charge in [-0.05, 0) is 85.9 Å². The molecule has 14 heteroatoms. The molecule has 2 saturated heterocycles. The van der Waals surface area contributed by atoms with Crippen LogP contribution in [0.1, 0.15) is 92.4 Å². The SMILES string of the molecule is CO[C@H]1[C@H](O[C@H]2CC[C@@]3(C)C(C2)[C@H](O)C[C@]2(O)C3CC[C@@]3(C)C2C(O)[C@H](O)[C@@H]3[C@H](C)CCCC(C)CO[C@@H]2O[C@@H](C)[C@@H](O)[C@@H](O)[C@@H]2O)OC[C@@H](O)[C@@H]1O. The maximum atomic E-state index is 12.8. The zero-order valence-corrected chi connectivity index (χ0v) is 32.3. The summed E-state index contributed by atoms with van der Waals surface area (Å²) in [5, 5.41) is 98.9. The lowest BCUT2D eigenvalue weighted by atomic mass is 9.42. The summed E-state index contributed by atoms with van der Waals surface area (Å²) in [5.41, 5.74) is -2.34. The Morgan fingerprint density at radius 1 is 0.792 bits per heavy atom. The third-order valence-corrected chi connectivity index (χ3v) is 15.2. The molecule has 5 unspecified atom stereocenters. The first-order valence-corrected chi connectivity index (χ1v) is 20.1. The summed E-state index contributed by atoms with van der Waals surface area (Å²) in [6, 6.07) is 0. The van der Waals surface area contributed by atoms with Gasteiger partial charge in [-0.25, -0.2) is 0 Å². The molecular weight excluding hydrogens is 692 g/mol. The van der Waals surface area contributed by atoms with Crippen molar-refractivity contribution >= 4 is 0 Å². The van der Waals surface area contributed by atoms with Crippen molar-refractivity contribution < 1.29 is 69.6 Å². The van der Waals surface area contributed by atoms with Crippen LogP contribution in [0.25, 0.3) is 0 Å². The van der Waals surface area contributed by atoms with Gasteiger partial charge in [0.1, 0.15) is 36.6 Å². The van der Waals surface area contributed by atoms with Gasteiger partial charge in [-0.2, -0.15) is 0 Å². The molecule has 0 aromatic rings. The van der Waals surface area contributed by atoms with Crippen LogP contribution >= 0.6 is 0 Å². The topological polar surface area (TPSA) is 228 Å². The summed E-state index contributed by atoms with van der Waals surface area (Å²) >= 11 is 0. The number of aliphatic hydroxyl groups is 9. The van der Waals surface area contributed by atoms with Gasteiger partial charge < -0.3 is 69.6 Å². The lowest BCUT2D eigenvalue weighted by Gasteiger charge is -2.66. The van der Waals surface area contributed by atoms with E-state index in [1.807, 2.05) is 6.92 Å². The normalized spacial score (nSPS) is 54.1. The van der Waals surface area contributed by atoms with Crippen LogP contribution in [0.15, 0.2) is 0 Å². The molecule has 22 atom stereocenters. The average molecular weight is 761 g/mol. The van der Waals surface area contributed by atoms with E-state index in [9.17, 15) is 46.0 Å². The predicted octanol–water partition coefficient (Wildman–Crippen LogP) is 0.438. The highest BCUT2D eigenvalue weighted by atomic mass is 16.7. The Bertz CT molecular complexity index is 1230. The Morgan fingerprint density at radius 2 is 1.49 bits per heavy atom. The molecule has 9 N–H and O–H groups in total. The molecule has 6 aliphatic rings. The van der Waals surface area contributed by atoms with Gasteiger partial charge in [0, 0.05) is 19.4 Å². The summed E-state index contributed by atoms with van der Waals surface area (Å²) in [4.78, 5) is 0. The van der Waals surface area contributed by atoms with E-state index < -0.39 is 96.0 Å². The molecule has 0 spiro atoms. The molecule has 4 aliphatic carbocycles. The number of fused-ring (bicyclic) bond motifs is 5. The largest absolute Gasteiger partial charge is 0.393 e. The van der Waals surface area contributed by atoms with E-state index in [0.717, 1.165) is 25.7 Å².